The van der Waals surface area contributed by atoms with Crippen molar-refractivity contribution in [1.29, 1.82) is 0 Å². The molecule has 0 aliphatic rings. The van der Waals surface area contributed by atoms with E-state index in [1.165, 1.54) is 4.68 Å². The van der Waals surface area contributed by atoms with Crippen LogP contribution in [0.5, 0.6) is 0 Å². The number of halogens is 3. The molecule has 0 spiro atoms. The first-order valence-electron chi connectivity index (χ1n) is 6.46. The SMILES string of the molecule is F[B-](F)(F)c1cc(-c2ccccc2)n(-c2ccccc2)n1.[K+]. The summed E-state index contributed by atoms with van der Waals surface area (Å²) in [5.41, 5.74) is 0.886. The Kier molecular flexibility index (Phi) is 5.68. The molecule has 1 aromatic heterocycles. The summed E-state index contributed by atoms with van der Waals surface area (Å²) >= 11 is 0. The Morgan fingerprint density at radius 1 is 0.818 bits per heavy atom. The molecule has 2 nitrogen and oxygen atoms in total. The van der Waals surface area contributed by atoms with E-state index in [9.17, 15) is 12.9 Å². The van der Waals surface area contributed by atoms with Crippen molar-refractivity contribution in [2.75, 3.05) is 0 Å². The summed E-state index contributed by atoms with van der Waals surface area (Å²) in [5, 5.41) is 3.75. The molecule has 0 aliphatic carbocycles. The van der Waals surface area contributed by atoms with Crippen molar-refractivity contribution >= 4 is 12.6 Å². The third-order valence-corrected chi connectivity index (χ3v) is 3.13. The molecule has 0 atom stereocenters. The first-order chi connectivity index (χ1) is 10.1. The van der Waals surface area contributed by atoms with Gasteiger partial charge in [0.1, 0.15) is 0 Å². The topological polar surface area (TPSA) is 17.8 Å². The molecular weight excluding hydrogens is 315 g/mol. The van der Waals surface area contributed by atoms with E-state index in [2.05, 4.69) is 5.10 Å². The minimum atomic E-state index is -5.13. The van der Waals surface area contributed by atoms with Gasteiger partial charge in [0.2, 0.25) is 0 Å². The zero-order chi connectivity index (χ0) is 14.9. The fourth-order valence-electron chi connectivity index (χ4n) is 2.14. The summed E-state index contributed by atoms with van der Waals surface area (Å²) < 4.78 is 40.3. The molecule has 106 valence electrons. The second-order valence-corrected chi connectivity index (χ2v) is 4.64. The van der Waals surface area contributed by atoms with Crippen LogP contribution in [0, 0.1) is 0 Å². The minimum absolute atomic E-state index is 0. The third kappa shape index (κ3) is 3.72. The van der Waals surface area contributed by atoms with E-state index in [4.69, 9.17) is 0 Å². The first-order valence-corrected chi connectivity index (χ1v) is 6.46. The van der Waals surface area contributed by atoms with Crippen molar-refractivity contribution in [2.45, 2.75) is 0 Å². The summed E-state index contributed by atoms with van der Waals surface area (Å²) in [5.74, 6) is 0. The zero-order valence-electron chi connectivity index (χ0n) is 12.0. The average Bonchev–Trinajstić information content (AvgIpc) is 2.94. The van der Waals surface area contributed by atoms with Crippen LogP contribution in [0.3, 0.4) is 0 Å². The molecule has 0 amide bonds. The molecule has 7 heteroatoms. The molecule has 0 saturated carbocycles. The van der Waals surface area contributed by atoms with Crippen molar-refractivity contribution in [1.82, 2.24) is 9.78 Å². The van der Waals surface area contributed by atoms with Crippen LogP contribution >= 0.6 is 0 Å². The van der Waals surface area contributed by atoms with Crippen molar-refractivity contribution in [3.63, 3.8) is 0 Å². The molecule has 0 unspecified atom stereocenters. The van der Waals surface area contributed by atoms with Gasteiger partial charge in [-0.05, 0) is 18.2 Å². The van der Waals surface area contributed by atoms with E-state index in [1.54, 1.807) is 48.5 Å². The monoisotopic (exact) mass is 326 g/mol. The number of rotatable bonds is 3. The molecule has 3 aromatic rings. The fraction of sp³-hybridized carbons (Fsp3) is 0. The van der Waals surface area contributed by atoms with Crippen molar-refractivity contribution in [2.24, 2.45) is 0 Å². The van der Waals surface area contributed by atoms with Gasteiger partial charge in [-0.1, -0.05) is 48.5 Å². The average molecular weight is 326 g/mol. The maximum Gasteiger partial charge on any atom is 1.00 e. The van der Waals surface area contributed by atoms with E-state index in [-0.39, 0.29) is 51.4 Å². The van der Waals surface area contributed by atoms with Crippen LogP contribution in [0.25, 0.3) is 16.9 Å². The standard InChI is InChI=1S/C15H11BF3N2.K/c17-16(18,19)15-11-14(12-7-3-1-4-8-12)21(20-15)13-9-5-2-6-10-13;/h1-11H;/q-1;+1. The third-order valence-electron chi connectivity index (χ3n) is 3.13. The Bertz CT molecular complexity index is 685. The molecule has 0 radical (unpaired) electrons. The maximum atomic E-state index is 13.0. The number of hydrogen-bond donors (Lipinski definition) is 0. The predicted octanol–water partition coefficient (Wildman–Crippen LogP) is 0.598. The molecule has 2 aromatic carbocycles. The van der Waals surface area contributed by atoms with Crippen molar-refractivity contribution < 1.29 is 64.3 Å². The summed E-state index contributed by atoms with van der Waals surface area (Å²) in [6, 6.07) is 18.8. The van der Waals surface area contributed by atoms with E-state index in [1.807, 2.05) is 12.1 Å². The van der Waals surface area contributed by atoms with Crippen molar-refractivity contribution in [3.8, 4) is 16.9 Å². The van der Waals surface area contributed by atoms with Gasteiger partial charge >= 0.3 is 58.4 Å². The van der Waals surface area contributed by atoms with Crippen LogP contribution in [0.4, 0.5) is 12.9 Å². The van der Waals surface area contributed by atoms with E-state index < -0.39 is 12.6 Å². The van der Waals surface area contributed by atoms with Crippen molar-refractivity contribution in [3.05, 3.63) is 66.7 Å². The van der Waals surface area contributed by atoms with Gasteiger partial charge in [0.05, 0.1) is 11.4 Å². The molecule has 22 heavy (non-hydrogen) atoms. The fourth-order valence-corrected chi connectivity index (χ4v) is 2.14. The zero-order valence-corrected chi connectivity index (χ0v) is 15.1. The van der Waals surface area contributed by atoms with E-state index in [0.717, 1.165) is 6.07 Å². The predicted molar refractivity (Wildman–Crippen MR) is 77.7 cm³/mol. The normalized spacial score (nSPS) is 11.0. The Morgan fingerprint density at radius 3 is 1.91 bits per heavy atom. The minimum Gasteiger partial charge on any atom is -0.444 e. The smallest absolute Gasteiger partial charge is 0.444 e. The Labute approximate surface area is 168 Å². The summed E-state index contributed by atoms with van der Waals surface area (Å²) in [4.78, 5) is 0. The Balaban J connectivity index is 0.00000176. The van der Waals surface area contributed by atoms with Gasteiger partial charge in [0.15, 0.2) is 0 Å². The molecule has 0 saturated heterocycles. The summed E-state index contributed by atoms with van der Waals surface area (Å²) in [6.07, 6.45) is 0. The summed E-state index contributed by atoms with van der Waals surface area (Å²) in [7, 11) is 0. The second-order valence-electron chi connectivity index (χ2n) is 4.64. The molecule has 0 N–H and O–H groups in total. The largest absolute Gasteiger partial charge is 1.00 e. The summed E-state index contributed by atoms with van der Waals surface area (Å²) in [6.45, 7) is -5.13. The van der Waals surface area contributed by atoms with Gasteiger partial charge in [-0.25, -0.2) is 9.78 Å². The van der Waals surface area contributed by atoms with Gasteiger partial charge in [0.25, 0.3) is 0 Å². The molecule has 3 rings (SSSR count). The van der Waals surface area contributed by atoms with Crippen LogP contribution in [0.2, 0.25) is 0 Å². The van der Waals surface area contributed by atoms with Gasteiger partial charge < -0.3 is 12.9 Å². The first kappa shape index (κ1) is 17.5. The second kappa shape index (κ2) is 7.14. The Hall–Kier alpha value is -0.859. The van der Waals surface area contributed by atoms with Crippen LogP contribution in [-0.4, -0.2) is 16.8 Å². The number of para-hydroxylation sites is 1. The van der Waals surface area contributed by atoms with Crippen LogP contribution in [0.1, 0.15) is 0 Å². The van der Waals surface area contributed by atoms with E-state index in [0.29, 0.717) is 16.9 Å². The molecular formula is C15H11BF3KN2. The molecule has 0 bridgehead atoms. The number of nitrogens with zero attached hydrogens (tertiary/aromatic N) is 2. The van der Waals surface area contributed by atoms with Crippen LogP contribution in [0.15, 0.2) is 66.7 Å². The number of hydrogen-bond acceptors (Lipinski definition) is 1. The number of benzene rings is 2. The van der Waals surface area contributed by atoms with Crippen LogP contribution < -0.4 is 57.0 Å². The maximum absolute atomic E-state index is 13.0. The Morgan fingerprint density at radius 2 is 1.36 bits per heavy atom. The van der Waals surface area contributed by atoms with Gasteiger partial charge in [-0.2, -0.15) is 0 Å². The molecule has 0 aliphatic heterocycles. The van der Waals surface area contributed by atoms with E-state index >= 15 is 0 Å². The number of aromatic nitrogens is 2. The quantitative estimate of drug-likeness (QED) is 0.645. The molecule has 0 fully saturated rings. The van der Waals surface area contributed by atoms with Gasteiger partial charge in [-0.15, -0.1) is 0 Å². The van der Waals surface area contributed by atoms with Gasteiger partial charge in [0, 0.05) is 11.2 Å². The van der Waals surface area contributed by atoms with Gasteiger partial charge in [-0.3, -0.25) is 0 Å². The van der Waals surface area contributed by atoms with Crippen LogP contribution in [-0.2, 0) is 0 Å². The molecule has 1 heterocycles.